The molecular formula is C29H39NOS. The van der Waals surface area contributed by atoms with Crippen molar-refractivity contribution in [2.45, 2.75) is 71.1 Å². The van der Waals surface area contributed by atoms with Gasteiger partial charge in [-0.05, 0) is 60.3 Å². The van der Waals surface area contributed by atoms with E-state index in [4.69, 9.17) is 10.00 Å². The van der Waals surface area contributed by atoms with Crippen LogP contribution in [0.4, 0.5) is 0 Å². The van der Waals surface area contributed by atoms with Crippen molar-refractivity contribution in [1.82, 2.24) is 0 Å². The molecule has 0 saturated heterocycles. The quantitative estimate of drug-likeness (QED) is 0.237. The second kappa shape index (κ2) is 17.4. The van der Waals surface area contributed by atoms with Crippen molar-refractivity contribution in [3.05, 3.63) is 71.4 Å². The summed E-state index contributed by atoms with van der Waals surface area (Å²) in [5.41, 5.74) is 3.89. The van der Waals surface area contributed by atoms with Crippen LogP contribution < -0.4 is 4.74 Å². The maximum Gasteiger partial charge on any atom is 0.119 e. The summed E-state index contributed by atoms with van der Waals surface area (Å²) >= 11 is 2.06. The molecule has 32 heavy (non-hydrogen) atoms. The molecule has 2 rings (SSSR count). The van der Waals surface area contributed by atoms with Crippen molar-refractivity contribution in [2.24, 2.45) is 0 Å². The Bertz CT molecular complexity index is 795. The van der Waals surface area contributed by atoms with Crippen molar-refractivity contribution < 1.29 is 4.74 Å². The van der Waals surface area contributed by atoms with Gasteiger partial charge in [-0.1, -0.05) is 87.6 Å². The number of nitriles is 1. The molecule has 0 radical (unpaired) electrons. The average molecular weight is 450 g/mol. The van der Waals surface area contributed by atoms with Crippen molar-refractivity contribution in [3.63, 3.8) is 0 Å². The fourth-order valence-corrected chi connectivity index (χ4v) is 4.46. The van der Waals surface area contributed by atoms with E-state index < -0.39 is 0 Å². The van der Waals surface area contributed by atoms with E-state index in [1.54, 1.807) is 0 Å². The van der Waals surface area contributed by atoms with E-state index in [9.17, 15) is 0 Å². The van der Waals surface area contributed by atoms with E-state index in [1.165, 1.54) is 48.1 Å². The van der Waals surface area contributed by atoms with E-state index in [-0.39, 0.29) is 0 Å². The van der Waals surface area contributed by atoms with Gasteiger partial charge in [0.2, 0.25) is 0 Å². The molecule has 2 nitrogen and oxygen atoms in total. The Balaban J connectivity index is 1.67. The maximum atomic E-state index is 8.54. The Morgan fingerprint density at radius 2 is 1.75 bits per heavy atom. The molecule has 3 heteroatoms. The molecule has 0 amide bonds. The first kappa shape index (κ1) is 26.1. The first-order chi connectivity index (χ1) is 15.8. The summed E-state index contributed by atoms with van der Waals surface area (Å²) in [6.45, 7) is 3.01. The Kier molecular flexibility index (Phi) is 14.2. The Morgan fingerprint density at radius 1 is 0.938 bits per heavy atom. The van der Waals surface area contributed by atoms with Crippen LogP contribution in [0.15, 0.2) is 65.8 Å². The summed E-state index contributed by atoms with van der Waals surface area (Å²) in [6.07, 6.45) is 24.9. The van der Waals surface area contributed by atoms with Gasteiger partial charge in [0.25, 0.3) is 0 Å². The lowest BCUT2D eigenvalue weighted by atomic mass is 10.1. The third-order valence-electron chi connectivity index (χ3n) is 5.43. The molecule has 0 fully saturated rings. The Hall–Kier alpha value is -2.18. The lowest BCUT2D eigenvalue weighted by Crippen LogP contribution is -1.97. The van der Waals surface area contributed by atoms with Crippen LogP contribution in [0.2, 0.25) is 0 Å². The highest BCUT2D eigenvalue weighted by Crippen LogP contribution is 2.19. The number of ether oxygens (including phenoxy) is 1. The van der Waals surface area contributed by atoms with Crippen molar-refractivity contribution in [2.75, 3.05) is 18.1 Å². The predicted octanol–water partition coefficient (Wildman–Crippen LogP) is 8.68. The molecule has 1 aliphatic rings. The highest BCUT2D eigenvalue weighted by molar-refractivity contribution is 7.99. The van der Waals surface area contributed by atoms with E-state index >= 15 is 0 Å². The molecule has 0 aliphatic heterocycles. The van der Waals surface area contributed by atoms with Crippen molar-refractivity contribution in [1.29, 1.82) is 5.26 Å². The van der Waals surface area contributed by atoms with Crippen molar-refractivity contribution in [3.8, 4) is 11.8 Å². The van der Waals surface area contributed by atoms with Gasteiger partial charge in [0, 0.05) is 12.2 Å². The van der Waals surface area contributed by atoms with Crippen LogP contribution in [0.1, 0.15) is 76.7 Å². The lowest BCUT2D eigenvalue weighted by Gasteiger charge is -2.06. The van der Waals surface area contributed by atoms with Gasteiger partial charge < -0.3 is 4.74 Å². The second-order valence-corrected chi connectivity index (χ2v) is 9.34. The second-order valence-electron chi connectivity index (χ2n) is 8.24. The molecule has 0 saturated carbocycles. The highest BCUT2D eigenvalue weighted by Gasteiger charge is 1.99. The molecule has 0 heterocycles. The SMILES string of the molecule is CCCCCCSCC1=CCC=C(/C=C/c2ccc(OCCCCCCC#N)cc2)C=C1. The number of nitrogens with zero attached hydrogens (tertiary/aromatic N) is 1. The zero-order chi connectivity index (χ0) is 22.7. The average Bonchev–Trinajstić information content (AvgIpc) is 3.05. The number of rotatable bonds is 16. The van der Waals surface area contributed by atoms with Crippen LogP contribution in [0.25, 0.3) is 6.08 Å². The number of allylic oxidation sites excluding steroid dienone is 6. The van der Waals surface area contributed by atoms with E-state index in [0.717, 1.165) is 50.2 Å². The molecule has 0 unspecified atom stereocenters. The van der Waals surface area contributed by atoms with E-state index in [0.29, 0.717) is 6.42 Å². The van der Waals surface area contributed by atoms with Crippen LogP contribution in [0.5, 0.6) is 5.75 Å². The zero-order valence-corrected chi connectivity index (χ0v) is 20.5. The molecule has 1 aromatic carbocycles. The van der Waals surface area contributed by atoms with Gasteiger partial charge in [-0.2, -0.15) is 17.0 Å². The number of hydrogen-bond donors (Lipinski definition) is 0. The van der Waals surface area contributed by atoms with Crippen LogP contribution >= 0.6 is 11.8 Å². The van der Waals surface area contributed by atoms with Gasteiger partial charge in [-0.3, -0.25) is 0 Å². The summed E-state index contributed by atoms with van der Waals surface area (Å²) < 4.78 is 5.83. The molecule has 1 aromatic rings. The standard InChI is InChI=1S/C29H39NOS/c1-2-3-4-10-24-32-25-28-13-11-12-26(16-17-28)14-15-27-18-20-29(21-19-27)31-23-9-7-5-6-8-22-30/h12-21H,2-11,23-25H2,1H3/b15-14+. The number of unbranched alkanes of at least 4 members (excludes halogenated alkanes) is 7. The predicted molar refractivity (Wildman–Crippen MR) is 141 cm³/mol. The summed E-state index contributed by atoms with van der Waals surface area (Å²) in [5.74, 6) is 3.32. The topological polar surface area (TPSA) is 33.0 Å². The number of benzene rings is 1. The fraction of sp³-hybridized carbons (Fsp3) is 0.483. The third-order valence-corrected chi connectivity index (χ3v) is 6.55. The molecule has 0 bridgehead atoms. The van der Waals surface area contributed by atoms with Crippen LogP contribution in [-0.2, 0) is 0 Å². The van der Waals surface area contributed by atoms with Crippen molar-refractivity contribution >= 4 is 17.8 Å². The van der Waals surface area contributed by atoms with Crippen LogP contribution in [0, 0.1) is 11.3 Å². The number of thioether (sulfide) groups is 1. The minimum absolute atomic E-state index is 0.665. The highest BCUT2D eigenvalue weighted by atomic mass is 32.2. The summed E-state index contributed by atoms with van der Waals surface area (Å²) in [6, 6.07) is 10.5. The normalized spacial score (nSPS) is 13.5. The zero-order valence-electron chi connectivity index (χ0n) is 19.7. The van der Waals surface area contributed by atoms with Gasteiger partial charge >= 0.3 is 0 Å². The summed E-state index contributed by atoms with van der Waals surface area (Å²) in [4.78, 5) is 0. The summed E-state index contributed by atoms with van der Waals surface area (Å²) in [7, 11) is 0. The Labute approximate surface area is 200 Å². The molecule has 172 valence electrons. The third kappa shape index (κ3) is 12.0. The number of hydrogen-bond acceptors (Lipinski definition) is 3. The lowest BCUT2D eigenvalue weighted by molar-refractivity contribution is 0.305. The molecular weight excluding hydrogens is 410 g/mol. The summed E-state index contributed by atoms with van der Waals surface area (Å²) in [5, 5.41) is 8.54. The van der Waals surface area contributed by atoms with Crippen LogP contribution in [0.3, 0.4) is 0 Å². The molecule has 0 atom stereocenters. The van der Waals surface area contributed by atoms with Gasteiger partial charge in [-0.25, -0.2) is 0 Å². The fourth-order valence-electron chi connectivity index (χ4n) is 3.45. The minimum Gasteiger partial charge on any atom is -0.494 e. The van der Waals surface area contributed by atoms with Gasteiger partial charge in [0.05, 0.1) is 12.7 Å². The van der Waals surface area contributed by atoms with Gasteiger partial charge in [-0.15, -0.1) is 0 Å². The first-order valence-corrected chi connectivity index (χ1v) is 13.4. The molecule has 0 aromatic heterocycles. The minimum atomic E-state index is 0.665. The Morgan fingerprint density at radius 3 is 2.56 bits per heavy atom. The van der Waals surface area contributed by atoms with E-state index in [2.05, 4.69) is 73.3 Å². The first-order valence-electron chi connectivity index (χ1n) is 12.2. The largest absolute Gasteiger partial charge is 0.494 e. The van der Waals surface area contributed by atoms with Gasteiger partial charge in [0.15, 0.2) is 0 Å². The smallest absolute Gasteiger partial charge is 0.119 e. The van der Waals surface area contributed by atoms with Gasteiger partial charge in [0.1, 0.15) is 5.75 Å². The maximum absolute atomic E-state index is 8.54. The van der Waals surface area contributed by atoms with E-state index in [1.807, 2.05) is 12.1 Å². The molecule has 1 aliphatic carbocycles. The molecule has 0 N–H and O–H groups in total. The molecule has 0 spiro atoms. The van der Waals surface area contributed by atoms with Crippen LogP contribution in [-0.4, -0.2) is 18.1 Å². The monoisotopic (exact) mass is 449 g/mol.